The van der Waals surface area contributed by atoms with E-state index in [4.69, 9.17) is 4.74 Å². The van der Waals surface area contributed by atoms with E-state index in [0.717, 1.165) is 25.7 Å². The molecule has 0 aromatic heterocycles. The zero-order valence-corrected chi connectivity index (χ0v) is 9.93. The Balaban J connectivity index is 2.67. The summed E-state index contributed by atoms with van der Waals surface area (Å²) in [6, 6.07) is 0. The monoisotopic (exact) mass is 208 g/mol. The van der Waals surface area contributed by atoms with Gasteiger partial charge in [-0.05, 0) is 46.5 Å². The van der Waals surface area contributed by atoms with E-state index in [1.165, 1.54) is 16.7 Å². The fraction of sp³-hybridized carbons (Fsp3) is 0.615. The summed E-state index contributed by atoms with van der Waals surface area (Å²) in [5.74, 6) is -0.195. The average Bonchev–Trinajstić information content (AvgIpc) is 2.30. The van der Waals surface area contributed by atoms with E-state index in [1.54, 1.807) is 6.08 Å². The molecule has 0 unspecified atom stereocenters. The van der Waals surface area contributed by atoms with E-state index in [-0.39, 0.29) is 5.97 Å². The summed E-state index contributed by atoms with van der Waals surface area (Å²) >= 11 is 0. The van der Waals surface area contributed by atoms with Gasteiger partial charge >= 0.3 is 5.97 Å². The molecule has 0 aliphatic heterocycles. The van der Waals surface area contributed by atoms with Gasteiger partial charge < -0.3 is 4.74 Å². The number of hydrogen-bond donors (Lipinski definition) is 0. The van der Waals surface area contributed by atoms with Crippen molar-refractivity contribution in [3.8, 4) is 0 Å². The molecule has 0 N–H and O–H groups in total. The molecule has 0 bridgehead atoms. The normalized spacial score (nSPS) is 20.3. The van der Waals surface area contributed by atoms with Crippen LogP contribution < -0.4 is 0 Å². The molecule has 0 spiro atoms. The third-order valence-corrected chi connectivity index (χ3v) is 2.88. The summed E-state index contributed by atoms with van der Waals surface area (Å²) in [5, 5.41) is 0. The van der Waals surface area contributed by atoms with Gasteiger partial charge in [0.25, 0.3) is 0 Å². The molecule has 0 saturated heterocycles. The molecule has 0 amide bonds. The number of ether oxygens (including phenoxy) is 1. The Morgan fingerprint density at radius 1 is 1.33 bits per heavy atom. The Labute approximate surface area is 92.0 Å². The van der Waals surface area contributed by atoms with Crippen LogP contribution in [0.4, 0.5) is 0 Å². The van der Waals surface area contributed by atoms with Crippen LogP contribution in [-0.2, 0) is 9.53 Å². The maximum Gasteiger partial charge on any atom is 0.330 e. The Bertz CT molecular complexity index is 298. The standard InChI is InChI=1S/C13H20O2/c1-4-15-13(14)9-12-7-5-6-10(2)11(3)8-12/h9H,4-8H2,1-3H3/b12-9+. The van der Waals surface area contributed by atoms with E-state index in [1.807, 2.05) is 6.92 Å². The maximum absolute atomic E-state index is 11.3. The van der Waals surface area contributed by atoms with Crippen LogP contribution >= 0.6 is 0 Å². The van der Waals surface area contributed by atoms with E-state index < -0.39 is 0 Å². The van der Waals surface area contributed by atoms with Crippen molar-refractivity contribution in [1.29, 1.82) is 0 Å². The van der Waals surface area contributed by atoms with Gasteiger partial charge in [-0.15, -0.1) is 0 Å². The van der Waals surface area contributed by atoms with E-state index in [2.05, 4.69) is 13.8 Å². The molecular formula is C13H20O2. The predicted molar refractivity (Wildman–Crippen MR) is 61.6 cm³/mol. The van der Waals surface area contributed by atoms with Crippen molar-refractivity contribution in [2.75, 3.05) is 6.61 Å². The van der Waals surface area contributed by atoms with Crippen molar-refractivity contribution in [2.45, 2.75) is 46.5 Å². The van der Waals surface area contributed by atoms with Gasteiger partial charge in [-0.2, -0.15) is 0 Å². The van der Waals surface area contributed by atoms with Crippen molar-refractivity contribution in [2.24, 2.45) is 0 Å². The van der Waals surface area contributed by atoms with Crippen molar-refractivity contribution >= 4 is 5.97 Å². The summed E-state index contributed by atoms with van der Waals surface area (Å²) < 4.78 is 4.92. The summed E-state index contributed by atoms with van der Waals surface area (Å²) in [4.78, 5) is 11.3. The Kier molecular flexibility index (Phi) is 4.60. The van der Waals surface area contributed by atoms with Gasteiger partial charge in [-0.1, -0.05) is 16.7 Å². The molecule has 1 aliphatic rings. The van der Waals surface area contributed by atoms with E-state index in [0.29, 0.717) is 6.61 Å². The number of hydrogen-bond acceptors (Lipinski definition) is 2. The van der Waals surface area contributed by atoms with Crippen LogP contribution in [0.25, 0.3) is 0 Å². The van der Waals surface area contributed by atoms with Crippen molar-refractivity contribution in [3.63, 3.8) is 0 Å². The summed E-state index contributed by atoms with van der Waals surface area (Å²) in [7, 11) is 0. The molecular weight excluding hydrogens is 188 g/mol. The summed E-state index contributed by atoms with van der Waals surface area (Å²) in [6.45, 7) is 6.62. The van der Waals surface area contributed by atoms with E-state index >= 15 is 0 Å². The highest BCUT2D eigenvalue weighted by Gasteiger charge is 2.09. The Morgan fingerprint density at radius 3 is 2.73 bits per heavy atom. The molecule has 0 radical (unpaired) electrons. The summed E-state index contributed by atoms with van der Waals surface area (Å²) in [5.41, 5.74) is 4.09. The van der Waals surface area contributed by atoms with Crippen LogP contribution in [0, 0.1) is 0 Å². The number of allylic oxidation sites excluding steroid dienone is 3. The minimum absolute atomic E-state index is 0.195. The molecule has 1 aliphatic carbocycles. The molecule has 0 fully saturated rings. The second-order valence-electron chi connectivity index (χ2n) is 4.15. The quantitative estimate of drug-likeness (QED) is 0.395. The van der Waals surface area contributed by atoms with Crippen LogP contribution in [0.15, 0.2) is 22.8 Å². The van der Waals surface area contributed by atoms with Gasteiger partial charge in [0.1, 0.15) is 0 Å². The molecule has 15 heavy (non-hydrogen) atoms. The maximum atomic E-state index is 11.3. The predicted octanol–water partition coefficient (Wildman–Crippen LogP) is 3.39. The second kappa shape index (κ2) is 5.74. The van der Waals surface area contributed by atoms with Crippen LogP contribution in [0.3, 0.4) is 0 Å². The molecule has 0 aromatic carbocycles. The first-order valence-corrected chi connectivity index (χ1v) is 5.65. The summed E-state index contributed by atoms with van der Waals surface area (Å²) in [6.07, 6.45) is 5.93. The highest BCUT2D eigenvalue weighted by atomic mass is 16.5. The topological polar surface area (TPSA) is 26.3 Å². The number of esters is 1. The van der Waals surface area contributed by atoms with E-state index in [9.17, 15) is 4.79 Å². The number of carbonyl (C=O) groups is 1. The lowest BCUT2D eigenvalue weighted by atomic mass is 10.0. The first-order valence-electron chi connectivity index (χ1n) is 5.65. The fourth-order valence-electron chi connectivity index (χ4n) is 1.85. The van der Waals surface area contributed by atoms with Crippen LogP contribution in [0.5, 0.6) is 0 Å². The molecule has 2 heteroatoms. The lowest BCUT2D eigenvalue weighted by molar-refractivity contribution is -0.137. The third kappa shape index (κ3) is 3.90. The number of rotatable bonds is 2. The van der Waals surface area contributed by atoms with Crippen molar-refractivity contribution in [3.05, 3.63) is 22.8 Å². The average molecular weight is 208 g/mol. The lowest BCUT2D eigenvalue weighted by Gasteiger charge is -2.04. The SMILES string of the molecule is CCOC(=O)/C=C1\CCCC(C)=C(C)C1. The Hall–Kier alpha value is -1.05. The lowest BCUT2D eigenvalue weighted by Crippen LogP contribution is -2.01. The molecule has 0 heterocycles. The molecule has 2 nitrogen and oxygen atoms in total. The van der Waals surface area contributed by atoms with Gasteiger partial charge in [0.05, 0.1) is 6.61 Å². The first-order chi connectivity index (χ1) is 7.13. The largest absolute Gasteiger partial charge is 0.463 e. The first kappa shape index (κ1) is 12.0. The molecule has 1 rings (SSSR count). The molecule has 0 atom stereocenters. The van der Waals surface area contributed by atoms with Gasteiger partial charge in [0.15, 0.2) is 0 Å². The minimum Gasteiger partial charge on any atom is -0.463 e. The molecule has 0 aromatic rings. The van der Waals surface area contributed by atoms with Crippen LogP contribution in [-0.4, -0.2) is 12.6 Å². The third-order valence-electron chi connectivity index (χ3n) is 2.88. The molecule has 84 valence electrons. The van der Waals surface area contributed by atoms with Gasteiger partial charge in [-0.3, -0.25) is 0 Å². The zero-order chi connectivity index (χ0) is 11.3. The highest BCUT2D eigenvalue weighted by molar-refractivity contribution is 5.82. The fourth-order valence-corrected chi connectivity index (χ4v) is 1.85. The molecule has 0 saturated carbocycles. The van der Waals surface area contributed by atoms with Gasteiger partial charge in [0, 0.05) is 6.08 Å². The highest BCUT2D eigenvalue weighted by Crippen LogP contribution is 2.26. The van der Waals surface area contributed by atoms with Crippen LogP contribution in [0.1, 0.15) is 46.5 Å². The van der Waals surface area contributed by atoms with Gasteiger partial charge in [0.2, 0.25) is 0 Å². The minimum atomic E-state index is -0.195. The van der Waals surface area contributed by atoms with Crippen molar-refractivity contribution < 1.29 is 9.53 Å². The van der Waals surface area contributed by atoms with Crippen molar-refractivity contribution in [1.82, 2.24) is 0 Å². The zero-order valence-electron chi connectivity index (χ0n) is 9.93. The Morgan fingerprint density at radius 2 is 2.07 bits per heavy atom. The number of carbonyl (C=O) groups excluding carboxylic acids is 1. The second-order valence-corrected chi connectivity index (χ2v) is 4.15. The smallest absolute Gasteiger partial charge is 0.330 e. The van der Waals surface area contributed by atoms with Gasteiger partial charge in [-0.25, -0.2) is 4.79 Å². The van der Waals surface area contributed by atoms with Crippen LogP contribution in [0.2, 0.25) is 0 Å².